The van der Waals surface area contributed by atoms with Gasteiger partial charge in [-0.2, -0.15) is 10.5 Å². The minimum atomic E-state index is -0.144. The molecule has 0 radical (unpaired) electrons. The molecule has 1 aliphatic rings. The van der Waals surface area contributed by atoms with E-state index in [-0.39, 0.29) is 5.41 Å². The monoisotopic (exact) mass is 802 g/mol. The first kappa shape index (κ1) is 36.4. The number of rotatable bonds is 5. The number of aromatic nitrogens is 2. The Balaban J connectivity index is 1.09. The molecule has 0 aliphatic heterocycles. The average Bonchev–Trinajstić information content (AvgIpc) is 3.92. The van der Waals surface area contributed by atoms with Gasteiger partial charge in [0.05, 0.1) is 38.9 Å². The third-order valence-corrected chi connectivity index (χ3v) is 13.4. The van der Waals surface area contributed by atoms with E-state index in [9.17, 15) is 10.5 Å². The molecule has 11 aromatic rings. The Morgan fingerprint density at radius 3 is 1.48 bits per heavy atom. The molecule has 294 valence electrons. The van der Waals surface area contributed by atoms with Crippen molar-refractivity contribution in [2.45, 2.75) is 19.3 Å². The largest absolute Gasteiger partial charge is 0.309 e. The summed E-state index contributed by atoms with van der Waals surface area (Å²) in [5, 5.41) is 26.6. The van der Waals surface area contributed by atoms with Gasteiger partial charge < -0.3 is 9.13 Å². The molecule has 63 heavy (non-hydrogen) atoms. The lowest BCUT2D eigenvalue weighted by atomic mass is 9.82. The van der Waals surface area contributed by atoms with Crippen LogP contribution in [0.2, 0.25) is 0 Å². The van der Waals surface area contributed by atoms with E-state index >= 15 is 0 Å². The number of nitrogens with zero attached hydrogens (tertiary/aromatic N) is 4. The van der Waals surface area contributed by atoms with Gasteiger partial charge in [0, 0.05) is 32.6 Å². The van der Waals surface area contributed by atoms with Gasteiger partial charge in [-0.1, -0.05) is 147 Å². The summed E-state index contributed by atoms with van der Waals surface area (Å²) in [7, 11) is 0. The van der Waals surface area contributed by atoms with Crippen molar-refractivity contribution in [2.75, 3.05) is 0 Å². The van der Waals surface area contributed by atoms with E-state index in [0.29, 0.717) is 16.8 Å². The molecule has 2 heterocycles. The van der Waals surface area contributed by atoms with Crippen LogP contribution in [0.3, 0.4) is 0 Å². The fraction of sp³-hybridized carbons (Fsp3) is 0.0508. The highest BCUT2D eigenvalue weighted by molar-refractivity contribution is 6.14. The number of fused-ring (bicyclic) bond motifs is 9. The van der Waals surface area contributed by atoms with Crippen LogP contribution in [0.4, 0.5) is 0 Å². The van der Waals surface area contributed by atoms with Crippen molar-refractivity contribution in [2.24, 2.45) is 0 Å². The summed E-state index contributed by atoms with van der Waals surface area (Å²) in [6.45, 7) is 4.65. The maximum atomic E-state index is 11.1. The summed E-state index contributed by atoms with van der Waals surface area (Å²) in [6.07, 6.45) is 0. The predicted octanol–water partition coefficient (Wildman–Crippen LogP) is 14.9. The zero-order valence-electron chi connectivity index (χ0n) is 34.8. The molecule has 12 rings (SSSR count). The molecule has 2 aromatic heterocycles. The van der Waals surface area contributed by atoms with Crippen LogP contribution in [0.5, 0.6) is 0 Å². The van der Waals surface area contributed by atoms with E-state index in [1.807, 2.05) is 48.5 Å². The van der Waals surface area contributed by atoms with Gasteiger partial charge in [0.25, 0.3) is 0 Å². The van der Waals surface area contributed by atoms with E-state index < -0.39 is 0 Å². The lowest BCUT2D eigenvalue weighted by Crippen LogP contribution is -2.14. The Morgan fingerprint density at radius 2 is 0.873 bits per heavy atom. The minimum absolute atomic E-state index is 0.144. The van der Waals surface area contributed by atoms with Gasteiger partial charge in [-0.25, -0.2) is 0 Å². The second-order valence-corrected chi connectivity index (χ2v) is 17.2. The van der Waals surface area contributed by atoms with Gasteiger partial charge >= 0.3 is 0 Å². The Kier molecular flexibility index (Phi) is 7.97. The molecule has 0 bridgehead atoms. The fourth-order valence-corrected chi connectivity index (χ4v) is 10.3. The topological polar surface area (TPSA) is 57.4 Å². The second-order valence-electron chi connectivity index (χ2n) is 17.2. The number of benzene rings is 9. The average molecular weight is 803 g/mol. The molecule has 0 unspecified atom stereocenters. The molecule has 0 amide bonds. The lowest BCUT2D eigenvalue weighted by Gasteiger charge is -2.21. The maximum absolute atomic E-state index is 11.1. The van der Waals surface area contributed by atoms with E-state index in [4.69, 9.17) is 0 Å². The number of nitriles is 2. The summed E-state index contributed by atoms with van der Waals surface area (Å²) in [4.78, 5) is 0. The Hall–Kier alpha value is -8.44. The summed E-state index contributed by atoms with van der Waals surface area (Å²) in [6, 6.07) is 73.4. The Morgan fingerprint density at radius 1 is 0.365 bits per heavy atom. The zero-order chi connectivity index (χ0) is 42.4. The molecule has 9 aromatic carbocycles. The van der Waals surface area contributed by atoms with Crippen LogP contribution < -0.4 is 0 Å². The van der Waals surface area contributed by atoms with Crippen molar-refractivity contribution in [3.8, 4) is 68.0 Å². The van der Waals surface area contributed by atoms with Crippen LogP contribution in [0.25, 0.3) is 99.5 Å². The smallest absolute Gasteiger partial charge is 0.101 e. The van der Waals surface area contributed by atoms with Crippen molar-refractivity contribution >= 4 is 43.6 Å². The van der Waals surface area contributed by atoms with Crippen LogP contribution >= 0.6 is 0 Å². The standard InChI is InChI=1S/C59H38N4/c1-59(2)52-21-13-12-20-46(52)49-33-51-50-30-39(24-27-54(50)62(57(51)34-53(49)59)45-18-10-5-11-19-45)42-28-43(35-60)58(44(29-42)36-61)63-55-31-40(37-14-6-3-7-15-37)22-25-47(55)48-26-23-41(32-56(48)63)38-16-8-4-9-17-38/h3-34H,1-2H3. The third-order valence-electron chi connectivity index (χ3n) is 13.4. The Bertz CT molecular complexity index is 3630. The molecule has 0 saturated carbocycles. The quantitative estimate of drug-likeness (QED) is 0.174. The van der Waals surface area contributed by atoms with Crippen LogP contribution in [0, 0.1) is 22.7 Å². The van der Waals surface area contributed by atoms with Gasteiger partial charge in [-0.15, -0.1) is 0 Å². The van der Waals surface area contributed by atoms with Gasteiger partial charge in [-0.05, 0) is 116 Å². The van der Waals surface area contributed by atoms with Crippen LogP contribution in [-0.4, -0.2) is 9.13 Å². The van der Waals surface area contributed by atoms with Gasteiger partial charge in [-0.3, -0.25) is 0 Å². The van der Waals surface area contributed by atoms with Crippen molar-refractivity contribution in [3.05, 3.63) is 216 Å². The third kappa shape index (κ3) is 5.46. The molecule has 0 spiro atoms. The lowest BCUT2D eigenvalue weighted by molar-refractivity contribution is 0.661. The van der Waals surface area contributed by atoms with Crippen molar-refractivity contribution < 1.29 is 0 Å². The molecule has 0 atom stereocenters. The summed E-state index contributed by atoms with van der Waals surface area (Å²) in [5.74, 6) is 0. The first-order valence-electron chi connectivity index (χ1n) is 21.4. The van der Waals surface area contributed by atoms with Crippen molar-refractivity contribution in [1.82, 2.24) is 9.13 Å². The zero-order valence-corrected chi connectivity index (χ0v) is 34.8. The van der Waals surface area contributed by atoms with E-state index in [2.05, 4.69) is 181 Å². The molecule has 1 aliphatic carbocycles. The number of para-hydroxylation sites is 1. The number of hydrogen-bond acceptors (Lipinski definition) is 2. The van der Waals surface area contributed by atoms with Crippen molar-refractivity contribution in [1.29, 1.82) is 10.5 Å². The minimum Gasteiger partial charge on any atom is -0.309 e. The first-order valence-corrected chi connectivity index (χ1v) is 21.4. The molecule has 4 heteroatoms. The fourth-order valence-electron chi connectivity index (χ4n) is 10.3. The van der Waals surface area contributed by atoms with E-state index in [0.717, 1.165) is 82.7 Å². The Labute approximate surface area is 365 Å². The summed E-state index contributed by atoms with van der Waals surface area (Å²) < 4.78 is 4.51. The predicted molar refractivity (Wildman–Crippen MR) is 258 cm³/mol. The SMILES string of the molecule is CC1(C)c2ccccc2-c2cc3c4cc(-c5cc(C#N)c(-n6c7cc(-c8ccccc8)ccc7c7ccc(-c8ccccc8)cc76)c(C#N)c5)ccc4n(-c4ccccc4)c3cc21. The summed E-state index contributed by atoms with van der Waals surface area (Å²) in [5.41, 5.74) is 17.8. The van der Waals surface area contributed by atoms with E-state index in [1.165, 1.54) is 22.3 Å². The summed E-state index contributed by atoms with van der Waals surface area (Å²) >= 11 is 0. The highest BCUT2D eigenvalue weighted by Gasteiger charge is 2.36. The normalized spacial score (nSPS) is 12.7. The van der Waals surface area contributed by atoms with Gasteiger partial charge in [0.2, 0.25) is 0 Å². The molecule has 0 fully saturated rings. The molecule has 4 nitrogen and oxygen atoms in total. The molecular formula is C59H38N4. The van der Waals surface area contributed by atoms with Gasteiger partial charge in [0.15, 0.2) is 0 Å². The van der Waals surface area contributed by atoms with Gasteiger partial charge in [0.1, 0.15) is 12.1 Å². The van der Waals surface area contributed by atoms with Crippen LogP contribution in [-0.2, 0) is 5.41 Å². The molecule has 0 saturated heterocycles. The van der Waals surface area contributed by atoms with Crippen LogP contribution in [0.15, 0.2) is 194 Å². The highest BCUT2D eigenvalue weighted by atomic mass is 15.0. The van der Waals surface area contributed by atoms with Crippen molar-refractivity contribution in [3.63, 3.8) is 0 Å². The first-order chi connectivity index (χ1) is 30.9. The second kappa shape index (κ2) is 13.8. The highest BCUT2D eigenvalue weighted by Crippen LogP contribution is 2.51. The molecular weight excluding hydrogens is 765 g/mol. The van der Waals surface area contributed by atoms with E-state index in [1.54, 1.807) is 0 Å². The molecule has 0 N–H and O–H groups in total. The number of hydrogen-bond donors (Lipinski definition) is 0. The maximum Gasteiger partial charge on any atom is 0.101 e. The van der Waals surface area contributed by atoms with Crippen LogP contribution in [0.1, 0.15) is 36.1 Å².